The highest BCUT2D eigenvalue weighted by atomic mass is 16.4. The van der Waals surface area contributed by atoms with Crippen molar-refractivity contribution in [3.05, 3.63) is 0 Å². The molecule has 1 unspecified atom stereocenters. The van der Waals surface area contributed by atoms with E-state index in [-0.39, 0.29) is 11.6 Å². The van der Waals surface area contributed by atoms with E-state index in [4.69, 9.17) is 0 Å². The van der Waals surface area contributed by atoms with E-state index < -0.39 is 11.5 Å². The summed E-state index contributed by atoms with van der Waals surface area (Å²) in [7, 11) is 0. The first-order valence-electron chi connectivity index (χ1n) is 6.71. The van der Waals surface area contributed by atoms with Gasteiger partial charge in [-0.05, 0) is 39.0 Å². The second-order valence-electron chi connectivity index (χ2n) is 5.45. The van der Waals surface area contributed by atoms with Gasteiger partial charge in [0.15, 0.2) is 0 Å². The summed E-state index contributed by atoms with van der Waals surface area (Å²) in [6, 6.07) is -0.366. The Bertz CT molecular complexity index is 321. The first kappa shape index (κ1) is 14.8. The minimum Gasteiger partial charge on any atom is -0.480 e. The van der Waals surface area contributed by atoms with Crippen LogP contribution in [0.25, 0.3) is 0 Å². The van der Waals surface area contributed by atoms with Crippen LogP contribution >= 0.6 is 0 Å². The molecule has 0 radical (unpaired) electrons. The Labute approximate surface area is 108 Å². The fraction of sp³-hybridized carbons (Fsp3) is 0.846. The van der Waals surface area contributed by atoms with E-state index in [0.717, 1.165) is 25.7 Å². The highest BCUT2D eigenvalue weighted by molar-refractivity contribution is 5.86. The van der Waals surface area contributed by atoms with Gasteiger partial charge in [-0.3, -0.25) is 0 Å². The number of carbonyl (C=O) groups is 2. The maximum absolute atomic E-state index is 11.9. The number of carboxylic acid groups (broad SMARTS) is 1. The predicted octanol–water partition coefficient (Wildman–Crippen LogP) is 2.26. The average molecular weight is 256 g/mol. The molecule has 1 atom stereocenters. The zero-order chi connectivity index (χ0) is 13.8. The minimum absolute atomic E-state index is 0.115. The topological polar surface area (TPSA) is 78.4 Å². The monoisotopic (exact) mass is 256 g/mol. The van der Waals surface area contributed by atoms with Crippen LogP contribution in [0, 0.1) is 0 Å². The Morgan fingerprint density at radius 1 is 1.33 bits per heavy atom. The van der Waals surface area contributed by atoms with Crippen LogP contribution in [0.15, 0.2) is 0 Å². The summed E-state index contributed by atoms with van der Waals surface area (Å²) < 4.78 is 0. The van der Waals surface area contributed by atoms with Crippen molar-refractivity contribution in [2.75, 3.05) is 0 Å². The molecule has 5 nitrogen and oxygen atoms in total. The SMILES string of the molecule is CCCC(C)(NC(=O)NC1(CC)CCC1)C(=O)O. The molecule has 1 rings (SSSR count). The largest absolute Gasteiger partial charge is 0.480 e. The van der Waals surface area contributed by atoms with Crippen molar-refractivity contribution in [3.8, 4) is 0 Å². The highest BCUT2D eigenvalue weighted by Crippen LogP contribution is 2.34. The van der Waals surface area contributed by atoms with Crippen LogP contribution in [0.1, 0.15) is 59.3 Å². The Hall–Kier alpha value is -1.26. The number of urea groups is 1. The molecule has 0 aromatic carbocycles. The first-order valence-corrected chi connectivity index (χ1v) is 6.71. The van der Waals surface area contributed by atoms with Gasteiger partial charge in [0.25, 0.3) is 0 Å². The van der Waals surface area contributed by atoms with Gasteiger partial charge in [0.05, 0.1) is 0 Å². The summed E-state index contributed by atoms with van der Waals surface area (Å²) in [6.07, 6.45) is 5.11. The fourth-order valence-corrected chi connectivity index (χ4v) is 2.42. The number of carboxylic acids is 1. The molecular formula is C13H24N2O3. The number of rotatable bonds is 6. The average Bonchev–Trinajstić information content (AvgIpc) is 2.23. The first-order chi connectivity index (χ1) is 8.37. The normalized spacial score (nSPS) is 20.4. The molecular weight excluding hydrogens is 232 g/mol. The summed E-state index contributed by atoms with van der Waals surface area (Å²) in [6.45, 7) is 5.50. The van der Waals surface area contributed by atoms with Gasteiger partial charge in [0.2, 0.25) is 0 Å². The van der Waals surface area contributed by atoms with Crippen molar-refractivity contribution in [1.82, 2.24) is 10.6 Å². The van der Waals surface area contributed by atoms with Crippen molar-refractivity contribution >= 4 is 12.0 Å². The summed E-state index contributed by atoms with van der Waals surface area (Å²) in [5.74, 6) is -0.987. The molecule has 1 saturated carbocycles. The van der Waals surface area contributed by atoms with Gasteiger partial charge >= 0.3 is 12.0 Å². The third kappa shape index (κ3) is 3.15. The van der Waals surface area contributed by atoms with Gasteiger partial charge in [0.1, 0.15) is 5.54 Å². The number of hydrogen-bond donors (Lipinski definition) is 3. The van der Waals surface area contributed by atoms with Crippen molar-refractivity contribution in [2.45, 2.75) is 70.4 Å². The molecule has 0 spiro atoms. The van der Waals surface area contributed by atoms with Gasteiger partial charge in [-0.1, -0.05) is 20.3 Å². The molecule has 1 aliphatic rings. The van der Waals surface area contributed by atoms with E-state index in [2.05, 4.69) is 10.6 Å². The van der Waals surface area contributed by atoms with Gasteiger partial charge in [-0.2, -0.15) is 0 Å². The number of aliphatic carboxylic acids is 1. The predicted molar refractivity (Wildman–Crippen MR) is 69.5 cm³/mol. The maximum atomic E-state index is 11.9. The zero-order valence-corrected chi connectivity index (χ0v) is 11.5. The number of amides is 2. The Balaban J connectivity index is 2.59. The van der Waals surface area contributed by atoms with Crippen molar-refractivity contribution < 1.29 is 14.7 Å². The summed E-state index contributed by atoms with van der Waals surface area (Å²) in [5.41, 5.74) is -1.30. The van der Waals surface area contributed by atoms with E-state index in [0.29, 0.717) is 12.8 Å². The van der Waals surface area contributed by atoms with Gasteiger partial charge < -0.3 is 15.7 Å². The van der Waals surface area contributed by atoms with Crippen LogP contribution in [-0.2, 0) is 4.79 Å². The summed E-state index contributed by atoms with van der Waals surface area (Å²) in [5, 5.41) is 14.7. The van der Waals surface area contributed by atoms with E-state index in [1.807, 2.05) is 13.8 Å². The van der Waals surface area contributed by atoms with Crippen molar-refractivity contribution in [2.24, 2.45) is 0 Å². The lowest BCUT2D eigenvalue weighted by Crippen LogP contribution is -2.61. The molecule has 104 valence electrons. The van der Waals surface area contributed by atoms with Crippen molar-refractivity contribution in [1.29, 1.82) is 0 Å². The second kappa shape index (κ2) is 5.59. The molecule has 1 aliphatic carbocycles. The number of hydrogen-bond acceptors (Lipinski definition) is 2. The van der Waals surface area contributed by atoms with E-state index in [1.165, 1.54) is 0 Å². The molecule has 0 aliphatic heterocycles. The molecule has 2 amide bonds. The van der Waals surface area contributed by atoms with Gasteiger partial charge in [-0.15, -0.1) is 0 Å². The lowest BCUT2D eigenvalue weighted by atomic mass is 9.75. The van der Waals surface area contributed by atoms with E-state index in [9.17, 15) is 14.7 Å². The Morgan fingerprint density at radius 3 is 2.28 bits per heavy atom. The van der Waals surface area contributed by atoms with Gasteiger partial charge in [-0.25, -0.2) is 9.59 Å². The molecule has 5 heteroatoms. The standard InChI is InChI=1S/C13H24N2O3/c1-4-7-12(3,10(16)17)14-11(18)15-13(5-2)8-6-9-13/h4-9H2,1-3H3,(H,16,17)(H2,14,15,18). The second-order valence-corrected chi connectivity index (χ2v) is 5.45. The lowest BCUT2D eigenvalue weighted by molar-refractivity contribution is -0.144. The molecule has 0 aromatic rings. The molecule has 1 fully saturated rings. The third-order valence-corrected chi connectivity index (χ3v) is 3.98. The van der Waals surface area contributed by atoms with Crippen LogP contribution in [0.2, 0.25) is 0 Å². The quantitative estimate of drug-likeness (QED) is 0.682. The fourth-order valence-electron chi connectivity index (χ4n) is 2.42. The molecule has 0 heterocycles. The van der Waals surface area contributed by atoms with E-state index in [1.54, 1.807) is 6.92 Å². The smallest absolute Gasteiger partial charge is 0.329 e. The van der Waals surface area contributed by atoms with Crippen LogP contribution in [-0.4, -0.2) is 28.2 Å². The number of nitrogens with one attached hydrogen (secondary N) is 2. The zero-order valence-electron chi connectivity index (χ0n) is 11.5. The van der Waals surface area contributed by atoms with Crippen LogP contribution < -0.4 is 10.6 Å². The van der Waals surface area contributed by atoms with Crippen LogP contribution in [0.4, 0.5) is 4.79 Å². The molecule has 18 heavy (non-hydrogen) atoms. The molecule has 0 aromatic heterocycles. The highest BCUT2D eigenvalue weighted by Gasteiger charge is 2.39. The van der Waals surface area contributed by atoms with Gasteiger partial charge in [0, 0.05) is 5.54 Å². The maximum Gasteiger partial charge on any atom is 0.329 e. The van der Waals surface area contributed by atoms with E-state index >= 15 is 0 Å². The molecule has 0 bridgehead atoms. The van der Waals surface area contributed by atoms with Crippen LogP contribution in [0.5, 0.6) is 0 Å². The Kier molecular flexibility index (Phi) is 4.59. The summed E-state index contributed by atoms with van der Waals surface area (Å²) in [4.78, 5) is 23.1. The minimum atomic E-state index is -1.18. The lowest BCUT2D eigenvalue weighted by Gasteiger charge is -2.42. The van der Waals surface area contributed by atoms with Crippen LogP contribution in [0.3, 0.4) is 0 Å². The molecule has 0 saturated heterocycles. The van der Waals surface area contributed by atoms with Crippen molar-refractivity contribution in [3.63, 3.8) is 0 Å². The third-order valence-electron chi connectivity index (χ3n) is 3.98. The summed E-state index contributed by atoms with van der Waals surface area (Å²) >= 11 is 0. The Morgan fingerprint density at radius 2 is 1.94 bits per heavy atom. The molecule has 3 N–H and O–H groups in total. The number of carbonyl (C=O) groups excluding carboxylic acids is 1.